The van der Waals surface area contributed by atoms with E-state index in [-0.39, 0.29) is 0 Å². The molecule has 1 nitrogen and oxygen atoms in total. The SMILES string of the molecule is CC[C@]12CC[C@H]3[C@@H](C=CC4=CC(=O)CC[C@@H]43)[C@@H]1CC[C]2C. The van der Waals surface area contributed by atoms with Crippen molar-refractivity contribution in [1.82, 2.24) is 0 Å². The van der Waals surface area contributed by atoms with Gasteiger partial charge in [0.15, 0.2) is 5.78 Å². The van der Waals surface area contributed by atoms with Crippen molar-refractivity contribution >= 4 is 5.78 Å². The molecule has 4 aliphatic rings. The van der Waals surface area contributed by atoms with Gasteiger partial charge in [0.25, 0.3) is 0 Å². The van der Waals surface area contributed by atoms with E-state index in [0.717, 1.165) is 30.6 Å². The monoisotopic (exact) mass is 283 g/mol. The molecule has 113 valence electrons. The van der Waals surface area contributed by atoms with Gasteiger partial charge in [-0.2, -0.15) is 0 Å². The number of hydrogen-bond donors (Lipinski definition) is 0. The highest BCUT2D eigenvalue weighted by atomic mass is 16.1. The smallest absolute Gasteiger partial charge is 0.155 e. The predicted molar refractivity (Wildman–Crippen MR) is 85.5 cm³/mol. The largest absolute Gasteiger partial charge is 0.295 e. The minimum Gasteiger partial charge on any atom is -0.295 e. The summed E-state index contributed by atoms with van der Waals surface area (Å²) in [4.78, 5) is 11.7. The first-order valence-electron chi connectivity index (χ1n) is 8.91. The summed E-state index contributed by atoms with van der Waals surface area (Å²) in [5, 5.41) is 0. The minimum atomic E-state index is 0.341. The first-order valence-corrected chi connectivity index (χ1v) is 8.91. The molecular formula is C20H27O. The number of fused-ring (bicyclic) bond motifs is 5. The van der Waals surface area contributed by atoms with E-state index in [1.807, 2.05) is 6.08 Å². The first kappa shape index (κ1) is 13.8. The number of allylic oxidation sites excluding steroid dienone is 4. The molecule has 5 atom stereocenters. The fourth-order valence-corrected chi connectivity index (χ4v) is 6.26. The maximum absolute atomic E-state index is 11.7. The molecule has 0 heterocycles. The second-order valence-electron chi connectivity index (χ2n) is 7.83. The van der Waals surface area contributed by atoms with Crippen molar-refractivity contribution in [3.8, 4) is 0 Å². The molecule has 0 aromatic rings. The number of carbonyl (C=O) groups is 1. The summed E-state index contributed by atoms with van der Waals surface area (Å²) in [7, 11) is 0. The van der Waals surface area contributed by atoms with E-state index in [2.05, 4.69) is 26.0 Å². The van der Waals surface area contributed by atoms with Crippen LogP contribution in [-0.2, 0) is 4.79 Å². The van der Waals surface area contributed by atoms with Gasteiger partial charge < -0.3 is 0 Å². The molecule has 1 radical (unpaired) electrons. The van der Waals surface area contributed by atoms with Gasteiger partial charge in [0.2, 0.25) is 0 Å². The van der Waals surface area contributed by atoms with Crippen LogP contribution in [0.5, 0.6) is 0 Å². The molecule has 0 amide bonds. The predicted octanol–water partition coefficient (Wildman–Crippen LogP) is 4.89. The average Bonchev–Trinajstić information content (AvgIpc) is 2.84. The summed E-state index contributed by atoms with van der Waals surface area (Å²) in [6, 6.07) is 0. The van der Waals surface area contributed by atoms with Gasteiger partial charge in [-0.15, -0.1) is 0 Å². The third-order valence-electron chi connectivity index (χ3n) is 7.39. The lowest BCUT2D eigenvalue weighted by Gasteiger charge is -2.52. The van der Waals surface area contributed by atoms with Crippen molar-refractivity contribution in [2.45, 2.75) is 58.8 Å². The molecular weight excluding hydrogens is 256 g/mol. The van der Waals surface area contributed by atoms with Gasteiger partial charge >= 0.3 is 0 Å². The Labute approximate surface area is 128 Å². The number of hydrogen-bond acceptors (Lipinski definition) is 1. The first-order chi connectivity index (χ1) is 10.2. The topological polar surface area (TPSA) is 17.1 Å². The summed E-state index contributed by atoms with van der Waals surface area (Å²) >= 11 is 0. The van der Waals surface area contributed by atoms with Crippen molar-refractivity contribution in [2.24, 2.45) is 29.1 Å². The van der Waals surface area contributed by atoms with Crippen LogP contribution in [0.1, 0.15) is 58.8 Å². The standard InChI is InChI=1S/C20H27O/c1-3-20-11-10-17-16-8-6-15(21)12-14(16)5-7-18(17)19(20)9-4-13(20)2/h5,7,12,16-19H,3-4,6,8-11H2,1-2H3/t16-,17+,18+,19-,20+/m0/s1. The van der Waals surface area contributed by atoms with E-state index in [0.29, 0.717) is 17.1 Å². The van der Waals surface area contributed by atoms with Gasteiger partial charge in [-0.3, -0.25) is 4.79 Å². The average molecular weight is 283 g/mol. The summed E-state index contributed by atoms with van der Waals surface area (Å²) in [5.74, 6) is 5.25. The van der Waals surface area contributed by atoms with Gasteiger partial charge in [-0.25, -0.2) is 0 Å². The van der Waals surface area contributed by atoms with Crippen molar-refractivity contribution < 1.29 is 4.79 Å². The van der Waals surface area contributed by atoms with Gasteiger partial charge in [-0.05, 0) is 85.2 Å². The maximum Gasteiger partial charge on any atom is 0.155 e. The van der Waals surface area contributed by atoms with Crippen LogP contribution in [-0.4, -0.2) is 5.78 Å². The molecule has 0 aromatic heterocycles. The van der Waals surface area contributed by atoms with Crippen LogP contribution in [0.3, 0.4) is 0 Å². The summed E-state index contributed by atoms with van der Waals surface area (Å²) in [6.07, 6.45) is 15.4. The van der Waals surface area contributed by atoms with Gasteiger partial charge in [0.1, 0.15) is 0 Å². The second kappa shape index (κ2) is 4.83. The van der Waals surface area contributed by atoms with Crippen molar-refractivity contribution in [2.75, 3.05) is 0 Å². The zero-order chi connectivity index (χ0) is 14.6. The van der Waals surface area contributed by atoms with E-state index in [1.54, 1.807) is 5.92 Å². The molecule has 4 aliphatic carbocycles. The zero-order valence-electron chi connectivity index (χ0n) is 13.4. The van der Waals surface area contributed by atoms with Crippen molar-refractivity contribution in [1.29, 1.82) is 0 Å². The highest BCUT2D eigenvalue weighted by Crippen LogP contribution is 2.64. The fourth-order valence-electron chi connectivity index (χ4n) is 6.26. The van der Waals surface area contributed by atoms with Crippen molar-refractivity contribution in [3.63, 3.8) is 0 Å². The van der Waals surface area contributed by atoms with Crippen LogP contribution in [0.25, 0.3) is 0 Å². The molecule has 0 spiro atoms. The van der Waals surface area contributed by atoms with Crippen LogP contribution < -0.4 is 0 Å². The molecule has 0 aliphatic heterocycles. The molecule has 0 aromatic carbocycles. The normalized spacial score (nSPS) is 45.8. The fraction of sp³-hybridized carbons (Fsp3) is 0.700. The van der Waals surface area contributed by atoms with Gasteiger partial charge in [-0.1, -0.05) is 26.0 Å². The number of ketones is 1. The Balaban J connectivity index is 1.70. The molecule has 4 rings (SSSR count). The lowest BCUT2D eigenvalue weighted by Crippen LogP contribution is -2.45. The summed E-state index contributed by atoms with van der Waals surface area (Å²) in [5.41, 5.74) is 1.88. The lowest BCUT2D eigenvalue weighted by atomic mass is 9.52. The highest BCUT2D eigenvalue weighted by Gasteiger charge is 2.55. The van der Waals surface area contributed by atoms with E-state index in [9.17, 15) is 4.79 Å². The van der Waals surface area contributed by atoms with E-state index >= 15 is 0 Å². The Kier molecular flexibility index (Phi) is 3.17. The third-order valence-corrected chi connectivity index (χ3v) is 7.39. The maximum atomic E-state index is 11.7. The van der Waals surface area contributed by atoms with Gasteiger partial charge in [0, 0.05) is 6.42 Å². The van der Waals surface area contributed by atoms with E-state index in [1.165, 1.54) is 37.7 Å². The van der Waals surface area contributed by atoms with E-state index in [4.69, 9.17) is 0 Å². The molecule has 0 N–H and O–H groups in total. The number of carbonyl (C=O) groups excluding carboxylic acids is 1. The van der Waals surface area contributed by atoms with E-state index < -0.39 is 0 Å². The Hall–Kier alpha value is -0.850. The second-order valence-corrected chi connectivity index (χ2v) is 7.83. The molecule has 2 saturated carbocycles. The molecule has 0 bridgehead atoms. The van der Waals surface area contributed by atoms with Crippen LogP contribution in [0.15, 0.2) is 23.8 Å². The summed E-state index contributed by atoms with van der Waals surface area (Å²) in [6.45, 7) is 4.82. The van der Waals surface area contributed by atoms with Gasteiger partial charge in [0.05, 0.1) is 0 Å². The Morgan fingerprint density at radius 2 is 2.10 bits per heavy atom. The quantitative estimate of drug-likeness (QED) is 0.669. The molecule has 21 heavy (non-hydrogen) atoms. The highest BCUT2D eigenvalue weighted by molar-refractivity contribution is 5.91. The Morgan fingerprint density at radius 1 is 1.24 bits per heavy atom. The third kappa shape index (κ3) is 1.85. The lowest BCUT2D eigenvalue weighted by molar-refractivity contribution is -0.115. The molecule has 0 saturated heterocycles. The molecule has 0 unspecified atom stereocenters. The molecule has 1 heteroatoms. The van der Waals surface area contributed by atoms with Crippen LogP contribution in [0.4, 0.5) is 0 Å². The summed E-state index contributed by atoms with van der Waals surface area (Å²) < 4.78 is 0. The van der Waals surface area contributed by atoms with Crippen LogP contribution in [0, 0.1) is 35.0 Å². The van der Waals surface area contributed by atoms with Crippen molar-refractivity contribution in [3.05, 3.63) is 29.7 Å². The van der Waals surface area contributed by atoms with Crippen LogP contribution in [0.2, 0.25) is 0 Å². The number of rotatable bonds is 1. The Bertz CT molecular complexity index is 514. The minimum absolute atomic E-state index is 0.341. The molecule has 2 fully saturated rings. The zero-order valence-corrected chi connectivity index (χ0v) is 13.4. The Morgan fingerprint density at radius 3 is 2.90 bits per heavy atom. The van der Waals surface area contributed by atoms with Crippen LogP contribution >= 0.6 is 0 Å².